The fourth-order valence-electron chi connectivity index (χ4n) is 2.50. The van der Waals surface area contributed by atoms with Crippen molar-refractivity contribution in [2.24, 2.45) is 0 Å². The summed E-state index contributed by atoms with van der Waals surface area (Å²) in [7, 11) is 0. The highest BCUT2D eigenvalue weighted by atomic mass is 79.9. The van der Waals surface area contributed by atoms with Crippen LogP contribution < -0.4 is 0 Å². The molecule has 2 heteroatoms. The van der Waals surface area contributed by atoms with Gasteiger partial charge in [-0.25, -0.2) is 0 Å². The van der Waals surface area contributed by atoms with Gasteiger partial charge in [0, 0.05) is 16.5 Å². The van der Waals surface area contributed by atoms with Gasteiger partial charge in [-0.15, -0.1) is 0 Å². The molecule has 1 nitrogen and oxygen atoms in total. The minimum absolute atomic E-state index is 0.180. The van der Waals surface area contributed by atoms with Crippen molar-refractivity contribution in [1.29, 1.82) is 0 Å². The molecule has 116 valence electrons. The summed E-state index contributed by atoms with van der Waals surface area (Å²) in [5, 5.41) is 0. The van der Waals surface area contributed by atoms with Gasteiger partial charge in [-0.3, -0.25) is 4.79 Å². The molecule has 0 radical (unpaired) electrons. The first-order chi connectivity index (χ1) is 10.7. The number of unbranched alkanes of at least 4 members (excludes halogenated alkanes) is 3. The Morgan fingerprint density at radius 3 is 2.14 bits per heavy atom. The largest absolute Gasteiger partial charge is 0.294 e. The Hall–Kier alpha value is -1.41. The van der Waals surface area contributed by atoms with Crippen molar-refractivity contribution in [3.63, 3.8) is 0 Å². The van der Waals surface area contributed by atoms with E-state index in [1.54, 1.807) is 0 Å². The van der Waals surface area contributed by atoms with E-state index in [4.69, 9.17) is 0 Å². The first-order valence-electron chi connectivity index (χ1n) is 8.05. The molecule has 0 bridgehead atoms. The monoisotopic (exact) mass is 358 g/mol. The minimum Gasteiger partial charge on any atom is -0.294 e. The lowest BCUT2D eigenvalue weighted by molar-refractivity contribution is 0.0993. The molecule has 2 aromatic carbocycles. The number of halogens is 1. The van der Waals surface area contributed by atoms with Gasteiger partial charge in [-0.05, 0) is 36.1 Å². The van der Waals surface area contributed by atoms with Crippen LogP contribution >= 0.6 is 15.9 Å². The fourth-order valence-corrected chi connectivity index (χ4v) is 2.77. The average Bonchev–Trinajstić information content (AvgIpc) is 2.54. The Morgan fingerprint density at radius 2 is 1.50 bits per heavy atom. The van der Waals surface area contributed by atoms with E-state index in [0.29, 0.717) is 6.42 Å². The van der Waals surface area contributed by atoms with Crippen molar-refractivity contribution >= 4 is 21.7 Å². The lowest BCUT2D eigenvalue weighted by atomic mass is 10.00. The molecule has 0 aromatic heterocycles. The predicted molar refractivity (Wildman–Crippen MR) is 96.5 cm³/mol. The molecule has 0 atom stereocenters. The Labute approximate surface area is 141 Å². The van der Waals surface area contributed by atoms with Gasteiger partial charge in [0.25, 0.3) is 0 Å². The molecule has 22 heavy (non-hydrogen) atoms. The van der Waals surface area contributed by atoms with Gasteiger partial charge in [0.1, 0.15) is 0 Å². The molecule has 0 N–H and O–H groups in total. The van der Waals surface area contributed by atoms with Crippen LogP contribution in [0.5, 0.6) is 0 Å². The zero-order chi connectivity index (χ0) is 15.8. The summed E-state index contributed by atoms with van der Waals surface area (Å²) in [4.78, 5) is 12.3. The Morgan fingerprint density at radius 1 is 0.864 bits per heavy atom. The molecule has 2 aromatic rings. The van der Waals surface area contributed by atoms with E-state index in [-0.39, 0.29) is 5.78 Å². The second kappa shape index (κ2) is 8.89. The van der Waals surface area contributed by atoms with Gasteiger partial charge in [0.15, 0.2) is 5.78 Å². The highest BCUT2D eigenvalue weighted by Crippen LogP contribution is 2.14. The number of hydrogen-bond acceptors (Lipinski definition) is 1. The first kappa shape index (κ1) is 17.0. The normalized spacial score (nSPS) is 10.6. The van der Waals surface area contributed by atoms with Crippen LogP contribution in [-0.4, -0.2) is 5.78 Å². The predicted octanol–water partition coefficient (Wildman–Crippen LogP) is 6.00. The molecule has 0 aliphatic carbocycles. The summed E-state index contributed by atoms with van der Waals surface area (Å²) in [5.41, 5.74) is 3.19. The van der Waals surface area contributed by atoms with Gasteiger partial charge >= 0.3 is 0 Å². The third-order valence-corrected chi connectivity index (χ3v) is 4.40. The third-order valence-electron chi connectivity index (χ3n) is 3.87. The molecular weight excluding hydrogens is 336 g/mol. The lowest BCUT2D eigenvalue weighted by Crippen LogP contribution is -2.03. The molecule has 0 aliphatic rings. The van der Waals surface area contributed by atoms with Crippen molar-refractivity contribution < 1.29 is 4.79 Å². The fraction of sp³-hybridized carbons (Fsp3) is 0.350. The van der Waals surface area contributed by atoms with Gasteiger partial charge in [-0.1, -0.05) is 78.5 Å². The van der Waals surface area contributed by atoms with Gasteiger partial charge in [0.05, 0.1) is 0 Å². The molecule has 0 fully saturated rings. The zero-order valence-corrected chi connectivity index (χ0v) is 14.7. The van der Waals surface area contributed by atoms with Gasteiger partial charge in [0.2, 0.25) is 0 Å². The summed E-state index contributed by atoms with van der Waals surface area (Å²) in [6.45, 7) is 2.23. The summed E-state index contributed by atoms with van der Waals surface area (Å²) in [6, 6.07) is 16.1. The van der Waals surface area contributed by atoms with E-state index in [1.807, 2.05) is 36.4 Å². The van der Waals surface area contributed by atoms with Crippen LogP contribution in [0.1, 0.15) is 54.1 Å². The highest BCUT2D eigenvalue weighted by Gasteiger charge is 2.07. The van der Waals surface area contributed by atoms with Crippen molar-refractivity contribution in [3.8, 4) is 0 Å². The molecule has 0 spiro atoms. The number of rotatable bonds is 8. The molecule has 0 heterocycles. The third kappa shape index (κ3) is 5.42. The molecule has 2 rings (SSSR count). The van der Waals surface area contributed by atoms with Crippen molar-refractivity contribution in [2.45, 2.75) is 45.4 Å². The first-order valence-corrected chi connectivity index (χ1v) is 8.85. The number of ketones is 1. The second-order valence-electron chi connectivity index (χ2n) is 5.73. The van der Waals surface area contributed by atoms with Crippen LogP contribution in [0.15, 0.2) is 53.0 Å². The highest BCUT2D eigenvalue weighted by molar-refractivity contribution is 9.10. The molecule has 0 unspecified atom stereocenters. The van der Waals surface area contributed by atoms with E-state index >= 15 is 0 Å². The van der Waals surface area contributed by atoms with E-state index in [0.717, 1.165) is 22.0 Å². The number of hydrogen-bond donors (Lipinski definition) is 0. The van der Waals surface area contributed by atoms with Crippen LogP contribution in [-0.2, 0) is 12.8 Å². The Kier molecular flexibility index (Phi) is 6.85. The standard InChI is InChI=1S/C20H23BrO/c1-2-3-4-5-6-16-7-11-18(12-8-16)20(22)15-17-9-13-19(21)14-10-17/h7-14H,2-6,15H2,1H3. The topological polar surface area (TPSA) is 17.1 Å². The summed E-state index contributed by atoms with van der Waals surface area (Å²) in [6.07, 6.45) is 6.68. The number of Topliss-reactive ketones (excluding diaryl/α,β-unsaturated/α-hetero) is 1. The van der Waals surface area contributed by atoms with Crippen molar-refractivity contribution in [3.05, 3.63) is 69.7 Å². The Bertz CT molecular complexity index is 584. The maximum Gasteiger partial charge on any atom is 0.167 e. The number of carbonyl (C=O) groups is 1. The summed E-state index contributed by atoms with van der Waals surface area (Å²) >= 11 is 3.41. The van der Waals surface area contributed by atoms with Crippen LogP contribution in [0.25, 0.3) is 0 Å². The minimum atomic E-state index is 0.180. The maximum absolute atomic E-state index is 12.3. The molecule has 0 saturated heterocycles. The number of benzene rings is 2. The quantitative estimate of drug-likeness (QED) is 0.417. The average molecular weight is 359 g/mol. The van der Waals surface area contributed by atoms with E-state index in [1.165, 1.54) is 31.2 Å². The Balaban J connectivity index is 1.89. The van der Waals surface area contributed by atoms with Crippen molar-refractivity contribution in [2.75, 3.05) is 0 Å². The summed E-state index contributed by atoms with van der Waals surface area (Å²) in [5.74, 6) is 0.180. The van der Waals surface area contributed by atoms with Crippen LogP contribution in [0.2, 0.25) is 0 Å². The number of aryl methyl sites for hydroxylation is 1. The van der Waals surface area contributed by atoms with E-state index in [9.17, 15) is 4.79 Å². The van der Waals surface area contributed by atoms with Crippen LogP contribution in [0, 0.1) is 0 Å². The smallest absolute Gasteiger partial charge is 0.167 e. The lowest BCUT2D eigenvalue weighted by Gasteiger charge is -2.05. The van der Waals surface area contributed by atoms with E-state index < -0.39 is 0 Å². The SMILES string of the molecule is CCCCCCc1ccc(C(=O)Cc2ccc(Br)cc2)cc1. The number of carbonyl (C=O) groups excluding carboxylic acids is 1. The van der Waals surface area contributed by atoms with Crippen LogP contribution in [0.4, 0.5) is 0 Å². The molecule has 0 saturated carbocycles. The molecule has 0 amide bonds. The maximum atomic E-state index is 12.3. The van der Waals surface area contributed by atoms with Crippen molar-refractivity contribution in [1.82, 2.24) is 0 Å². The van der Waals surface area contributed by atoms with Gasteiger partial charge < -0.3 is 0 Å². The zero-order valence-electron chi connectivity index (χ0n) is 13.1. The molecular formula is C20H23BrO. The molecule has 0 aliphatic heterocycles. The summed E-state index contributed by atoms with van der Waals surface area (Å²) < 4.78 is 1.04. The van der Waals surface area contributed by atoms with Gasteiger partial charge in [-0.2, -0.15) is 0 Å². The van der Waals surface area contributed by atoms with E-state index in [2.05, 4.69) is 35.0 Å². The van der Waals surface area contributed by atoms with Crippen LogP contribution in [0.3, 0.4) is 0 Å². The second-order valence-corrected chi connectivity index (χ2v) is 6.65.